The van der Waals surface area contributed by atoms with Crippen LogP contribution in [0.3, 0.4) is 0 Å². The maximum absolute atomic E-state index is 13.8. The first-order valence-electron chi connectivity index (χ1n) is 9.41. The number of sulfone groups is 1. The van der Waals surface area contributed by atoms with Crippen molar-refractivity contribution in [3.8, 4) is 0 Å². The van der Waals surface area contributed by atoms with E-state index in [9.17, 15) is 12.8 Å². The molecular formula is C21H21FN6O2S. The molecule has 0 radical (unpaired) electrons. The van der Waals surface area contributed by atoms with Gasteiger partial charge in [-0.05, 0) is 61.4 Å². The van der Waals surface area contributed by atoms with Crippen LogP contribution in [0.1, 0.15) is 11.1 Å². The van der Waals surface area contributed by atoms with E-state index in [4.69, 9.17) is 0 Å². The number of aromatic nitrogens is 4. The molecule has 4 aromatic rings. The maximum atomic E-state index is 13.8. The van der Waals surface area contributed by atoms with Crippen LogP contribution >= 0.6 is 0 Å². The minimum Gasteiger partial charge on any atom is -0.324 e. The Bertz CT molecular complexity index is 1400. The number of nitrogens with zero attached hydrogens (tertiary/aromatic N) is 4. The van der Waals surface area contributed by atoms with Gasteiger partial charge in [0.1, 0.15) is 11.6 Å². The topological polar surface area (TPSA) is 104 Å². The molecule has 0 aliphatic carbocycles. The number of halogens is 1. The Morgan fingerprint density at radius 2 is 1.90 bits per heavy atom. The van der Waals surface area contributed by atoms with Crippen molar-refractivity contribution in [2.24, 2.45) is 0 Å². The van der Waals surface area contributed by atoms with Gasteiger partial charge in [0.25, 0.3) is 0 Å². The number of rotatable bonds is 5. The van der Waals surface area contributed by atoms with Crippen molar-refractivity contribution in [2.45, 2.75) is 18.7 Å². The van der Waals surface area contributed by atoms with E-state index in [0.29, 0.717) is 34.4 Å². The second-order valence-electron chi connectivity index (χ2n) is 7.42. The first-order chi connectivity index (χ1) is 14.6. The number of aromatic amines is 1. The molecule has 0 aliphatic rings. The molecule has 2 aromatic heterocycles. The van der Waals surface area contributed by atoms with Crippen molar-refractivity contribution in [1.29, 1.82) is 0 Å². The Labute approximate surface area is 179 Å². The largest absolute Gasteiger partial charge is 0.324 e. The fraction of sp³-hybridized carbons (Fsp3) is 0.190. The Morgan fingerprint density at radius 3 is 2.65 bits per heavy atom. The second-order valence-corrected chi connectivity index (χ2v) is 9.44. The lowest BCUT2D eigenvalue weighted by Crippen LogP contribution is -2.13. The fourth-order valence-corrected chi connectivity index (χ4v) is 4.00. The third-order valence-electron chi connectivity index (χ3n) is 4.86. The van der Waals surface area contributed by atoms with Gasteiger partial charge < -0.3 is 10.2 Å². The third-order valence-corrected chi connectivity index (χ3v) is 5.95. The van der Waals surface area contributed by atoms with Gasteiger partial charge in [0.15, 0.2) is 15.7 Å². The zero-order valence-corrected chi connectivity index (χ0v) is 18.2. The molecular weight excluding hydrogens is 419 g/mol. The average Bonchev–Trinajstić information content (AvgIpc) is 3.09. The molecule has 2 N–H and O–H groups in total. The molecule has 0 amide bonds. The number of aryl methyl sites for hydroxylation is 2. The van der Waals surface area contributed by atoms with Gasteiger partial charge in [-0.15, -0.1) is 0 Å². The summed E-state index contributed by atoms with van der Waals surface area (Å²) >= 11 is 0. The van der Waals surface area contributed by atoms with Gasteiger partial charge in [-0.25, -0.2) is 17.8 Å². The highest BCUT2D eigenvalue weighted by molar-refractivity contribution is 7.90. The van der Waals surface area contributed by atoms with Gasteiger partial charge in [-0.2, -0.15) is 10.1 Å². The van der Waals surface area contributed by atoms with Crippen LogP contribution in [0.5, 0.6) is 0 Å². The molecule has 2 heterocycles. The van der Waals surface area contributed by atoms with E-state index in [1.54, 1.807) is 49.3 Å². The van der Waals surface area contributed by atoms with Gasteiger partial charge in [-0.1, -0.05) is 0 Å². The van der Waals surface area contributed by atoms with Gasteiger partial charge >= 0.3 is 0 Å². The lowest BCUT2D eigenvalue weighted by atomic mass is 10.1. The molecule has 0 aliphatic heterocycles. The van der Waals surface area contributed by atoms with Gasteiger partial charge in [0.05, 0.1) is 10.4 Å². The van der Waals surface area contributed by atoms with Crippen LogP contribution in [-0.2, 0) is 9.84 Å². The molecule has 8 nitrogen and oxygen atoms in total. The van der Waals surface area contributed by atoms with E-state index in [1.165, 1.54) is 12.3 Å². The summed E-state index contributed by atoms with van der Waals surface area (Å²) in [5.74, 6) is 1.16. The molecule has 0 saturated carbocycles. The number of benzene rings is 2. The SMILES string of the molecule is Cc1cc(Nc2nccc(N(C)c3n[nH]c4cc(F)c(C)cc34)n2)cc(S(C)(=O)=O)c1. The summed E-state index contributed by atoms with van der Waals surface area (Å²) in [6.45, 7) is 3.52. The Hall–Kier alpha value is -3.53. The molecule has 0 spiro atoms. The highest BCUT2D eigenvalue weighted by atomic mass is 32.2. The normalized spacial score (nSPS) is 11.6. The molecule has 2 aromatic carbocycles. The van der Waals surface area contributed by atoms with E-state index in [2.05, 4.69) is 25.5 Å². The second kappa shape index (κ2) is 7.62. The van der Waals surface area contributed by atoms with Crippen LogP contribution in [0.2, 0.25) is 0 Å². The van der Waals surface area contributed by atoms with Gasteiger partial charge in [0, 0.05) is 30.6 Å². The number of nitrogens with one attached hydrogen (secondary N) is 2. The summed E-state index contributed by atoms with van der Waals surface area (Å²) in [5.41, 5.74) is 2.47. The Morgan fingerprint density at radius 1 is 1.13 bits per heavy atom. The summed E-state index contributed by atoms with van der Waals surface area (Å²) in [6, 6.07) is 9.84. The first kappa shape index (κ1) is 20.7. The minimum absolute atomic E-state index is 0.217. The predicted molar refractivity (Wildman–Crippen MR) is 118 cm³/mol. The quantitative estimate of drug-likeness (QED) is 0.483. The highest BCUT2D eigenvalue weighted by Crippen LogP contribution is 2.30. The molecule has 10 heteroatoms. The number of H-pyrrole nitrogens is 1. The van der Waals surface area contributed by atoms with Crippen LogP contribution in [-0.4, -0.2) is 41.9 Å². The lowest BCUT2D eigenvalue weighted by Gasteiger charge is -2.17. The Balaban J connectivity index is 1.67. The third kappa shape index (κ3) is 4.19. The molecule has 160 valence electrons. The van der Waals surface area contributed by atoms with Crippen LogP contribution in [0.25, 0.3) is 10.9 Å². The fourth-order valence-electron chi connectivity index (χ4n) is 3.26. The number of anilines is 4. The number of hydrogen-bond acceptors (Lipinski definition) is 7. The monoisotopic (exact) mass is 440 g/mol. The molecule has 0 saturated heterocycles. The summed E-state index contributed by atoms with van der Waals surface area (Å²) in [6.07, 6.45) is 2.76. The van der Waals surface area contributed by atoms with Crippen molar-refractivity contribution in [3.05, 3.63) is 59.5 Å². The van der Waals surface area contributed by atoms with Crippen molar-refractivity contribution in [3.63, 3.8) is 0 Å². The molecule has 0 atom stereocenters. The zero-order valence-electron chi connectivity index (χ0n) is 17.4. The zero-order chi connectivity index (χ0) is 22.3. The van der Waals surface area contributed by atoms with Crippen LogP contribution in [0.15, 0.2) is 47.5 Å². The standard InChI is InChI=1S/C21H21FN6O2S/c1-12-7-14(10-15(8-12)31(4,29)30)24-21-23-6-5-19(25-21)28(3)20-16-9-13(2)17(22)11-18(16)26-27-20/h5-11H,1-4H3,(H,26,27)(H,23,24,25). The van der Waals surface area contributed by atoms with Gasteiger partial charge in [-0.3, -0.25) is 5.10 Å². The van der Waals surface area contributed by atoms with Crippen molar-refractivity contribution >= 4 is 44.0 Å². The molecule has 0 unspecified atom stereocenters. The molecule has 31 heavy (non-hydrogen) atoms. The summed E-state index contributed by atoms with van der Waals surface area (Å²) in [5, 5.41) is 11.0. The Kier molecular flexibility index (Phi) is 5.10. The van der Waals surface area contributed by atoms with Crippen molar-refractivity contribution in [2.75, 3.05) is 23.5 Å². The highest BCUT2D eigenvalue weighted by Gasteiger charge is 2.16. The molecule has 0 bridgehead atoms. The molecule has 0 fully saturated rings. The lowest BCUT2D eigenvalue weighted by molar-refractivity contribution is 0.602. The minimum atomic E-state index is -3.35. The smallest absolute Gasteiger partial charge is 0.229 e. The summed E-state index contributed by atoms with van der Waals surface area (Å²) < 4.78 is 37.7. The van der Waals surface area contributed by atoms with Crippen LogP contribution < -0.4 is 10.2 Å². The van der Waals surface area contributed by atoms with E-state index in [-0.39, 0.29) is 10.7 Å². The molecule has 4 rings (SSSR count). The van der Waals surface area contributed by atoms with E-state index >= 15 is 0 Å². The van der Waals surface area contributed by atoms with E-state index in [0.717, 1.165) is 10.9 Å². The predicted octanol–water partition coefficient (Wildman–Crippen LogP) is 4.02. The first-order valence-corrected chi connectivity index (χ1v) is 11.3. The van der Waals surface area contributed by atoms with Crippen molar-refractivity contribution < 1.29 is 12.8 Å². The number of hydrogen-bond donors (Lipinski definition) is 2. The van der Waals surface area contributed by atoms with Gasteiger partial charge in [0.2, 0.25) is 5.95 Å². The average molecular weight is 441 g/mol. The van der Waals surface area contributed by atoms with Crippen molar-refractivity contribution in [1.82, 2.24) is 20.2 Å². The maximum Gasteiger partial charge on any atom is 0.229 e. The van der Waals surface area contributed by atoms with E-state index in [1.807, 2.05) is 13.0 Å². The van der Waals surface area contributed by atoms with Crippen LogP contribution in [0.4, 0.5) is 27.7 Å². The summed E-state index contributed by atoms with van der Waals surface area (Å²) in [7, 11) is -1.55. The van der Waals surface area contributed by atoms with Crippen LogP contribution in [0, 0.1) is 19.7 Å². The van der Waals surface area contributed by atoms with E-state index < -0.39 is 9.84 Å². The number of fused-ring (bicyclic) bond motifs is 1. The summed E-state index contributed by atoms with van der Waals surface area (Å²) in [4.78, 5) is 10.7.